The van der Waals surface area contributed by atoms with Crippen LogP contribution < -0.4 is 0 Å². The highest BCUT2D eigenvalue weighted by atomic mass is 35.5. The van der Waals surface area contributed by atoms with E-state index in [1.165, 1.54) is 6.07 Å². The van der Waals surface area contributed by atoms with E-state index in [1.54, 1.807) is 24.3 Å². The van der Waals surface area contributed by atoms with Gasteiger partial charge in [0.25, 0.3) is 0 Å². The maximum absolute atomic E-state index is 12.0. The third-order valence-corrected chi connectivity index (χ3v) is 5.29. The van der Waals surface area contributed by atoms with Gasteiger partial charge in [0, 0.05) is 27.4 Å². The lowest BCUT2D eigenvalue weighted by atomic mass is 10.1. The molecule has 0 aliphatic heterocycles. The normalized spacial score (nSPS) is 11.7. The molecule has 2 aromatic carbocycles. The van der Waals surface area contributed by atoms with Crippen molar-refractivity contribution in [2.75, 3.05) is 6.26 Å². The van der Waals surface area contributed by atoms with Crippen molar-refractivity contribution < 1.29 is 8.42 Å². The average molecular weight is 370 g/mol. The van der Waals surface area contributed by atoms with Crippen LogP contribution >= 0.6 is 46.4 Å². The fourth-order valence-electron chi connectivity index (χ4n) is 1.81. The molecule has 2 aromatic rings. The Labute approximate surface area is 137 Å². The molecule has 0 fully saturated rings. The number of benzene rings is 2. The lowest BCUT2D eigenvalue weighted by Crippen LogP contribution is -2.02. The van der Waals surface area contributed by atoms with Gasteiger partial charge < -0.3 is 0 Å². The summed E-state index contributed by atoms with van der Waals surface area (Å²) in [6.07, 6.45) is 1.06. The van der Waals surface area contributed by atoms with Crippen LogP contribution in [0.25, 0.3) is 11.1 Å². The van der Waals surface area contributed by atoms with Crippen molar-refractivity contribution in [3.8, 4) is 11.1 Å². The summed E-state index contributed by atoms with van der Waals surface area (Å²) in [6.45, 7) is 0. The van der Waals surface area contributed by atoms with Gasteiger partial charge in [-0.25, -0.2) is 8.42 Å². The van der Waals surface area contributed by atoms with Gasteiger partial charge >= 0.3 is 0 Å². The molecule has 0 saturated carbocycles. The average Bonchev–Trinajstić information content (AvgIpc) is 2.34. The second-order valence-corrected chi connectivity index (χ2v) is 7.72. The molecule has 7 heteroatoms. The quantitative estimate of drug-likeness (QED) is 0.712. The van der Waals surface area contributed by atoms with Crippen LogP contribution in [0.1, 0.15) is 0 Å². The summed E-state index contributed by atoms with van der Waals surface area (Å²) in [5, 5.41) is 0.948. The highest BCUT2D eigenvalue weighted by molar-refractivity contribution is 7.91. The highest BCUT2D eigenvalue weighted by Gasteiger charge is 2.22. The lowest BCUT2D eigenvalue weighted by Gasteiger charge is -2.13. The van der Waals surface area contributed by atoms with Gasteiger partial charge in [-0.2, -0.15) is 0 Å². The molecule has 0 saturated heterocycles. The van der Waals surface area contributed by atoms with Gasteiger partial charge in [-0.1, -0.05) is 52.5 Å². The van der Waals surface area contributed by atoms with E-state index in [0.717, 1.165) is 6.26 Å². The Morgan fingerprint density at radius 3 is 2.05 bits per heavy atom. The Morgan fingerprint density at radius 2 is 1.45 bits per heavy atom. The number of rotatable bonds is 2. The predicted molar refractivity (Wildman–Crippen MR) is 85.0 cm³/mol. The van der Waals surface area contributed by atoms with E-state index < -0.39 is 9.84 Å². The molecule has 0 atom stereocenters. The summed E-state index contributed by atoms with van der Waals surface area (Å²) in [6, 6.07) is 7.87. The van der Waals surface area contributed by atoms with Crippen molar-refractivity contribution >= 4 is 56.2 Å². The molecule has 2 rings (SSSR count). The van der Waals surface area contributed by atoms with Crippen LogP contribution in [0.2, 0.25) is 20.1 Å². The molecule has 2 nitrogen and oxygen atoms in total. The van der Waals surface area contributed by atoms with Crippen molar-refractivity contribution in [2.45, 2.75) is 4.90 Å². The third-order valence-electron chi connectivity index (χ3n) is 2.64. The molecule has 0 aliphatic carbocycles. The first-order valence-corrected chi connectivity index (χ1v) is 8.75. The van der Waals surface area contributed by atoms with Gasteiger partial charge in [0.15, 0.2) is 9.84 Å². The summed E-state index contributed by atoms with van der Waals surface area (Å²) in [5.74, 6) is 0. The molecule has 0 heterocycles. The Balaban J connectivity index is 2.89. The summed E-state index contributed by atoms with van der Waals surface area (Å²) in [7, 11) is -3.58. The van der Waals surface area contributed by atoms with E-state index >= 15 is 0 Å². The van der Waals surface area contributed by atoms with E-state index in [2.05, 4.69) is 0 Å². The van der Waals surface area contributed by atoms with Crippen LogP contribution in [0.15, 0.2) is 35.2 Å². The standard InChI is InChI=1S/C13H8Cl4O2S/c1-20(18,19)13-8(3-5-11(16)12(13)17)9-6-7(14)2-4-10(9)15/h2-6H,1H3. The van der Waals surface area contributed by atoms with E-state index in [1.807, 2.05) is 0 Å². The first-order chi connectivity index (χ1) is 9.21. The maximum atomic E-state index is 12.0. The molecule has 20 heavy (non-hydrogen) atoms. The Morgan fingerprint density at radius 1 is 0.850 bits per heavy atom. The van der Waals surface area contributed by atoms with Crippen molar-refractivity contribution in [2.24, 2.45) is 0 Å². The SMILES string of the molecule is CS(=O)(=O)c1c(-c2cc(Cl)ccc2Cl)ccc(Cl)c1Cl. The summed E-state index contributed by atoms with van der Waals surface area (Å²) in [5.41, 5.74) is 0.854. The maximum Gasteiger partial charge on any atom is 0.177 e. The first kappa shape index (κ1) is 15.9. The van der Waals surface area contributed by atoms with Gasteiger partial charge in [0.1, 0.15) is 0 Å². The molecule has 106 valence electrons. The fourth-order valence-corrected chi connectivity index (χ4v) is 4.01. The molecular formula is C13H8Cl4O2S. The second kappa shape index (κ2) is 5.74. The van der Waals surface area contributed by atoms with E-state index in [0.29, 0.717) is 21.2 Å². The number of hydrogen-bond donors (Lipinski definition) is 0. The van der Waals surface area contributed by atoms with Crippen molar-refractivity contribution in [1.82, 2.24) is 0 Å². The van der Waals surface area contributed by atoms with E-state index in [9.17, 15) is 8.42 Å². The largest absolute Gasteiger partial charge is 0.224 e. The summed E-state index contributed by atoms with van der Waals surface area (Å²) >= 11 is 24.0. The van der Waals surface area contributed by atoms with Crippen LogP contribution in [0.4, 0.5) is 0 Å². The van der Waals surface area contributed by atoms with Gasteiger partial charge in [-0.15, -0.1) is 0 Å². The minimum atomic E-state index is -3.58. The zero-order valence-corrected chi connectivity index (χ0v) is 14.0. The minimum Gasteiger partial charge on any atom is -0.224 e. The van der Waals surface area contributed by atoms with Gasteiger partial charge in [-0.3, -0.25) is 0 Å². The van der Waals surface area contributed by atoms with E-state index in [4.69, 9.17) is 46.4 Å². The number of halogens is 4. The van der Waals surface area contributed by atoms with Gasteiger partial charge in [-0.05, 0) is 24.3 Å². The topological polar surface area (TPSA) is 34.1 Å². The first-order valence-electron chi connectivity index (χ1n) is 5.35. The van der Waals surface area contributed by atoms with Crippen LogP contribution in [-0.2, 0) is 9.84 Å². The molecule has 0 radical (unpaired) electrons. The van der Waals surface area contributed by atoms with Crippen LogP contribution in [0.5, 0.6) is 0 Å². The zero-order chi connectivity index (χ0) is 15.1. The second-order valence-electron chi connectivity index (χ2n) is 4.13. The fraction of sp³-hybridized carbons (Fsp3) is 0.0769. The zero-order valence-electron chi connectivity index (χ0n) is 10.1. The Bertz CT molecular complexity index is 785. The molecule has 0 bridgehead atoms. The van der Waals surface area contributed by atoms with Crippen molar-refractivity contribution in [3.05, 3.63) is 50.4 Å². The lowest BCUT2D eigenvalue weighted by molar-refractivity contribution is 0.602. The molecule has 0 spiro atoms. The molecule has 0 amide bonds. The van der Waals surface area contributed by atoms with Crippen LogP contribution in [0, 0.1) is 0 Å². The summed E-state index contributed by atoms with van der Waals surface area (Å²) in [4.78, 5) is -0.0594. The molecule has 0 unspecified atom stereocenters. The van der Waals surface area contributed by atoms with Crippen LogP contribution in [-0.4, -0.2) is 14.7 Å². The van der Waals surface area contributed by atoms with Crippen molar-refractivity contribution in [1.29, 1.82) is 0 Å². The van der Waals surface area contributed by atoms with E-state index in [-0.39, 0.29) is 14.9 Å². The molecule has 0 aliphatic rings. The molecule has 0 N–H and O–H groups in total. The third kappa shape index (κ3) is 3.07. The number of hydrogen-bond acceptors (Lipinski definition) is 2. The van der Waals surface area contributed by atoms with Gasteiger partial charge in [0.05, 0.1) is 14.9 Å². The smallest absolute Gasteiger partial charge is 0.177 e. The van der Waals surface area contributed by atoms with Crippen molar-refractivity contribution in [3.63, 3.8) is 0 Å². The monoisotopic (exact) mass is 368 g/mol. The predicted octanol–water partition coefficient (Wildman–Crippen LogP) is 5.37. The highest BCUT2D eigenvalue weighted by Crippen LogP contribution is 2.40. The Kier molecular flexibility index (Phi) is 4.57. The minimum absolute atomic E-state index is 0.0253. The molecule has 0 aromatic heterocycles. The number of sulfone groups is 1. The van der Waals surface area contributed by atoms with Crippen LogP contribution in [0.3, 0.4) is 0 Å². The Hall–Kier alpha value is -0.450. The molecular weight excluding hydrogens is 362 g/mol. The van der Waals surface area contributed by atoms with Gasteiger partial charge in [0.2, 0.25) is 0 Å². The summed E-state index contributed by atoms with van der Waals surface area (Å²) < 4.78 is 24.0.